The highest BCUT2D eigenvalue weighted by molar-refractivity contribution is 7.10. The molecule has 134 valence electrons. The first-order valence-corrected chi connectivity index (χ1v) is 9.84. The number of aliphatic hydroxyl groups is 1. The Balaban J connectivity index is 1.66. The summed E-state index contributed by atoms with van der Waals surface area (Å²) < 4.78 is 1.97. The fraction of sp³-hybridized carbons (Fsp3) is 0.579. The molecule has 0 unspecified atom stereocenters. The van der Waals surface area contributed by atoms with Crippen LogP contribution in [0.4, 0.5) is 0 Å². The topological polar surface area (TPSA) is 58.4 Å². The molecule has 1 N–H and O–H groups in total. The molecule has 25 heavy (non-hydrogen) atoms. The number of hydrogen-bond donors (Lipinski definition) is 1. The highest BCUT2D eigenvalue weighted by Crippen LogP contribution is 2.66. The molecule has 1 amide bonds. The molecule has 0 aromatic carbocycles. The van der Waals surface area contributed by atoms with Crippen molar-refractivity contribution in [2.24, 2.45) is 5.41 Å². The average Bonchev–Trinajstić information content (AvgIpc) is 3.02. The van der Waals surface area contributed by atoms with Gasteiger partial charge in [0.25, 0.3) is 0 Å². The van der Waals surface area contributed by atoms with E-state index >= 15 is 0 Å². The van der Waals surface area contributed by atoms with E-state index in [0.29, 0.717) is 6.54 Å². The predicted octanol–water partition coefficient (Wildman–Crippen LogP) is 2.71. The molecule has 1 aliphatic heterocycles. The van der Waals surface area contributed by atoms with Crippen LogP contribution in [0.15, 0.2) is 17.5 Å². The number of aromatic nitrogens is 2. The molecule has 5 nitrogen and oxygen atoms in total. The number of rotatable bonds is 4. The molecular formula is C19H25N3O2S. The Hall–Kier alpha value is -1.66. The largest absolute Gasteiger partial charge is 0.390 e. The lowest BCUT2D eigenvalue weighted by Gasteiger charge is -2.32. The number of aryl methyl sites for hydroxylation is 1. The van der Waals surface area contributed by atoms with Crippen LogP contribution in [0.2, 0.25) is 0 Å². The Labute approximate surface area is 152 Å². The van der Waals surface area contributed by atoms with Crippen LogP contribution in [0.5, 0.6) is 0 Å². The van der Waals surface area contributed by atoms with Crippen molar-refractivity contribution in [2.75, 3.05) is 6.54 Å². The standard InChI is InChI=1S/C19H25N3O2S/c1-4-22-15-7-8-21(10-13(15)14(11-23)20-22)17(24)19(12-18(19,2)3)16-6-5-9-25-16/h5-6,9,23H,4,7-8,10-12H2,1-3H3/t19-/m1/s1. The third-order valence-electron chi connectivity index (χ3n) is 6.00. The zero-order chi connectivity index (χ0) is 17.8. The van der Waals surface area contributed by atoms with Gasteiger partial charge in [0.1, 0.15) is 0 Å². The van der Waals surface area contributed by atoms with Gasteiger partial charge in [-0.3, -0.25) is 9.48 Å². The molecule has 1 aliphatic carbocycles. The number of nitrogens with zero attached hydrogens (tertiary/aromatic N) is 3. The summed E-state index contributed by atoms with van der Waals surface area (Å²) in [6.45, 7) is 8.45. The van der Waals surface area contributed by atoms with Crippen LogP contribution in [0.25, 0.3) is 0 Å². The summed E-state index contributed by atoms with van der Waals surface area (Å²) in [7, 11) is 0. The molecule has 2 aromatic heterocycles. The fourth-order valence-corrected chi connectivity index (χ4v) is 5.52. The van der Waals surface area contributed by atoms with Crippen molar-refractivity contribution in [2.45, 2.75) is 58.7 Å². The smallest absolute Gasteiger partial charge is 0.234 e. The second-order valence-electron chi connectivity index (χ2n) is 7.77. The van der Waals surface area contributed by atoms with E-state index in [9.17, 15) is 9.90 Å². The third-order valence-corrected chi connectivity index (χ3v) is 7.03. The van der Waals surface area contributed by atoms with Crippen LogP contribution >= 0.6 is 11.3 Å². The summed E-state index contributed by atoms with van der Waals surface area (Å²) in [4.78, 5) is 16.7. The van der Waals surface area contributed by atoms with E-state index in [2.05, 4.69) is 37.3 Å². The van der Waals surface area contributed by atoms with E-state index < -0.39 is 0 Å². The first kappa shape index (κ1) is 16.8. The number of carbonyl (C=O) groups is 1. The molecule has 6 heteroatoms. The van der Waals surface area contributed by atoms with Crippen molar-refractivity contribution in [3.05, 3.63) is 39.3 Å². The van der Waals surface area contributed by atoms with Crippen LogP contribution in [-0.2, 0) is 36.3 Å². The summed E-state index contributed by atoms with van der Waals surface area (Å²) in [5.74, 6) is 0.235. The Bertz CT molecular complexity index is 809. The molecule has 3 heterocycles. The Morgan fingerprint density at radius 1 is 1.44 bits per heavy atom. The number of aliphatic hydroxyl groups excluding tert-OH is 1. The van der Waals surface area contributed by atoms with Crippen LogP contribution < -0.4 is 0 Å². The van der Waals surface area contributed by atoms with Gasteiger partial charge in [0.2, 0.25) is 5.91 Å². The van der Waals surface area contributed by atoms with E-state index in [4.69, 9.17) is 0 Å². The molecular weight excluding hydrogens is 334 g/mol. The number of fused-ring (bicyclic) bond motifs is 1. The van der Waals surface area contributed by atoms with Crippen LogP contribution in [0.1, 0.15) is 49.0 Å². The van der Waals surface area contributed by atoms with Crippen molar-refractivity contribution in [1.82, 2.24) is 14.7 Å². The van der Waals surface area contributed by atoms with E-state index in [-0.39, 0.29) is 23.3 Å². The summed E-state index contributed by atoms with van der Waals surface area (Å²) in [6.07, 6.45) is 1.71. The zero-order valence-electron chi connectivity index (χ0n) is 15.1. The lowest BCUT2D eigenvalue weighted by Crippen LogP contribution is -2.44. The lowest BCUT2D eigenvalue weighted by molar-refractivity contribution is -0.135. The Kier molecular flexibility index (Phi) is 3.81. The fourth-order valence-electron chi connectivity index (χ4n) is 4.43. The van der Waals surface area contributed by atoms with Crippen LogP contribution in [-0.4, -0.2) is 32.2 Å². The zero-order valence-corrected chi connectivity index (χ0v) is 15.9. The SMILES string of the molecule is CCn1nc(CO)c2c1CCN(C(=O)[C@]1(c3cccs3)CC1(C)C)C2. The Morgan fingerprint density at radius 3 is 2.76 bits per heavy atom. The van der Waals surface area contributed by atoms with Crippen molar-refractivity contribution >= 4 is 17.2 Å². The second-order valence-corrected chi connectivity index (χ2v) is 8.71. The minimum atomic E-state index is -0.376. The second kappa shape index (κ2) is 5.68. The van der Waals surface area contributed by atoms with Crippen molar-refractivity contribution in [1.29, 1.82) is 0 Å². The molecule has 0 spiro atoms. The van der Waals surface area contributed by atoms with Crippen molar-refractivity contribution < 1.29 is 9.90 Å². The molecule has 0 bridgehead atoms. The van der Waals surface area contributed by atoms with Gasteiger partial charge >= 0.3 is 0 Å². The normalized spacial score (nSPS) is 24.2. The van der Waals surface area contributed by atoms with Gasteiger partial charge in [-0.2, -0.15) is 5.10 Å². The monoisotopic (exact) mass is 359 g/mol. The van der Waals surface area contributed by atoms with Gasteiger partial charge in [0.05, 0.1) is 17.7 Å². The first-order chi connectivity index (χ1) is 11.9. The molecule has 2 aliphatic rings. The number of thiophene rings is 1. The maximum Gasteiger partial charge on any atom is 0.234 e. The molecule has 1 fully saturated rings. The molecule has 0 radical (unpaired) electrons. The summed E-state index contributed by atoms with van der Waals surface area (Å²) in [5, 5.41) is 16.2. The quantitative estimate of drug-likeness (QED) is 0.913. The lowest BCUT2D eigenvalue weighted by atomic mass is 9.91. The van der Waals surface area contributed by atoms with Gasteiger partial charge < -0.3 is 10.0 Å². The number of carbonyl (C=O) groups excluding carboxylic acids is 1. The van der Waals surface area contributed by atoms with Gasteiger partial charge in [-0.15, -0.1) is 11.3 Å². The van der Waals surface area contributed by atoms with E-state index in [0.717, 1.165) is 37.2 Å². The molecule has 1 atom stereocenters. The van der Waals surface area contributed by atoms with Gasteiger partial charge in [-0.25, -0.2) is 0 Å². The van der Waals surface area contributed by atoms with Crippen molar-refractivity contribution in [3.63, 3.8) is 0 Å². The minimum absolute atomic E-state index is 0.00260. The highest BCUT2D eigenvalue weighted by Gasteiger charge is 2.68. The average molecular weight is 359 g/mol. The molecule has 1 saturated carbocycles. The first-order valence-electron chi connectivity index (χ1n) is 8.96. The maximum absolute atomic E-state index is 13.5. The third kappa shape index (κ3) is 2.30. The molecule has 4 rings (SSSR count). The number of hydrogen-bond acceptors (Lipinski definition) is 4. The van der Waals surface area contributed by atoms with Gasteiger partial charge in [-0.1, -0.05) is 19.9 Å². The Morgan fingerprint density at radius 2 is 2.20 bits per heavy atom. The maximum atomic E-state index is 13.5. The van der Waals surface area contributed by atoms with Gasteiger partial charge in [0, 0.05) is 42.2 Å². The van der Waals surface area contributed by atoms with E-state index in [1.165, 1.54) is 10.6 Å². The predicted molar refractivity (Wildman–Crippen MR) is 97.3 cm³/mol. The van der Waals surface area contributed by atoms with Crippen LogP contribution in [0.3, 0.4) is 0 Å². The van der Waals surface area contributed by atoms with Gasteiger partial charge in [0.15, 0.2) is 0 Å². The number of amides is 1. The van der Waals surface area contributed by atoms with Crippen LogP contribution in [0, 0.1) is 5.41 Å². The minimum Gasteiger partial charge on any atom is -0.390 e. The van der Waals surface area contributed by atoms with E-state index in [1.807, 2.05) is 15.6 Å². The van der Waals surface area contributed by atoms with E-state index in [1.54, 1.807) is 11.3 Å². The molecule has 0 saturated heterocycles. The summed E-state index contributed by atoms with van der Waals surface area (Å²) in [6, 6.07) is 4.13. The van der Waals surface area contributed by atoms with Crippen molar-refractivity contribution in [3.8, 4) is 0 Å². The highest BCUT2D eigenvalue weighted by atomic mass is 32.1. The summed E-state index contributed by atoms with van der Waals surface area (Å²) >= 11 is 1.68. The summed E-state index contributed by atoms with van der Waals surface area (Å²) in [5.41, 5.74) is 2.57. The van der Waals surface area contributed by atoms with Gasteiger partial charge in [-0.05, 0) is 30.2 Å². The molecule has 2 aromatic rings.